The molecule has 0 bridgehead atoms. The van der Waals surface area contributed by atoms with Crippen LogP contribution < -0.4 is 0 Å². The summed E-state index contributed by atoms with van der Waals surface area (Å²) in [6.07, 6.45) is 4.83. The normalized spacial score (nSPS) is 17.6. The van der Waals surface area contributed by atoms with Crippen LogP contribution >= 0.6 is 10.7 Å². The standard InChI is InChI=1S/C8H10ClNO3S/c9-14(11,12)10(8-1-2-8)5-7-3-4-13-6-7/h3-4,6,8H,1-2,5H2. The van der Waals surface area contributed by atoms with Crippen molar-refractivity contribution in [1.29, 1.82) is 0 Å². The van der Waals surface area contributed by atoms with Crippen LogP contribution in [0, 0.1) is 0 Å². The van der Waals surface area contributed by atoms with Crippen LogP contribution in [0.2, 0.25) is 0 Å². The molecule has 0 saturated heterocycles. The van der Waals surface area contributed by atoms with E-state index >= 15 is 0 Å². The first-order valence-corrected chi connectivity index (χ1v) is 6.56. The summed E-state index contributed by atoms with van der Waals surface area (Å²) >= 11 is 0. The maximum Gasteiger partial charge on any atom is 0.300 e. The minimum absolute atomic E-state index is 0.0763. The molecule has 2 rings (SSSR count). The van der Waals surface area contributed by atoms with Crippen molar-refractivity contribution < 1.29 is 12.8 Å². The van der Waals surface area contributed by atoms with Crippen molar-refractivity contribution >= 4 is 19.9 Å². The van der Waals surface area contributed by atoms with Crippen molar-refractivity contribution in [1.82, 2.24) is 4.31 Å². The Hall–Kier alpha value is -0.520. The summed E-state index contributed by atoms with van der Waals surface area (Å²) < 4.78 is 28.6. The molecule has 1 fully saturated rings. The van der Waals surface area contributed by atoms with Gasteiger partial charge in [-0.05, 0) is 18.9 Å². The van der Waals surface area contributed by atoms with E-state index in [4.69, 9.17) is 15.1 Å². The molecule has 0 amide bonds. The molecule has 0 aromatic carbocycles. The molecule has 6 heteroatoms. The zero-order chi connectivity index (χ0) is 10.2. The van der Waals surface area contributed by atoms with Crippen LogP contribution in [0.5, 0.6) is 0 Å². The lowest BCUT2D eigenvalue weighted by Gasteiger charge is -2.16. The van der Waals surface area contributed by atoms with Crippen LogP contribution in [0.25, 0.3) is 0 Å². The van der Waals surface area contributed by atoms with E-state index in [9.17, 15) is 8.42 Å². The third-order valence-electron chi connectivity index (χ3n) is 2.15. The topological polar surface area (TPSA) is 50.5 Å². The van der Waals surface area contributed by atoms with Gasteiger partial charge in [0.1, 0.15) is 0 Å². The monoisotopic (exact) mass is 235 g/mol. The molecule has 1 aliphatic carbocycles. The molecule has 0 unspecified atom stereocenters. The maximum atomic E-state index is 11.2. The van der Waals surface area contributed by atoms with E-state index in [1.807, 2.05) is 0 Å². The van der Waals surface area contributed by atoms with Crippen molar-refractivity contribution in [3.05, 3.63) is 24.2 Å². The maximum absolute atomic E-state index is 11.2. The number of hydrogen-bond donors (Lipinski definition) is 0. The van der Waals surface area contributed by atoms with Gasteiger partial charge in [-0.25, -0.2) is 0 Å². The molecule has 0 spiro atoms. The molecular weight excluding hydrogens is 226 g/mol. The van der Waals surface area contributed by atoms with Crippen LogP contribution in [0.3, 0.4) is 0 Å². The number of halogens is 1. The average Bonchev–Trinajstić information content (AvgIpc) is 2.77. The van der Waals surface area contributed by atoms with Gasteiger partial charge in [0.15, 0.2) is 0 Å². The van der Waals surface area contributed by atoms with Gasteiger partial charge in [-0.1, -0.05) is 0 Å². The highest BCUT2D eigenvalue weighted by molar-refractivity contribution is 8.11. The first-order valence-electron chi connectivity index (χ1n) is 4.30. The second kappa shape index (κ2) is 3.56. The van der Waals surface area contributed by atoms with Crippen LogP contribution in [-0.2, 0) is 15.8 Å². The number of hydrogen-bond acceptors (Lipinski definition) is 3. The minimum atomic E-state index is -3.61. The minimum Gasteiger partial charge on any atom is -0.472 e. The largest absolute Gasteiger partial charge is 0.472 e. The van der Waals surface area contributed by atoms with E-state index in [1.54, 1.807) is 6.07 Å². The van der Waals surface area contributed by atoms with Crippen LogP contribution in [-0.4, -0.2) is 18.8 Å². The first kappa shape index (κ1) is 10.0. The Bertz CT molecular complexity index is 396. The molecule has 4 nitrogen and oxygen atoms in total. The molecule has 1 aliphatic rings. The summed E-state index contributed by atoms with van der Waals surface area (Å²) in [5.41, 5.74) is 0.820. The van der Waals surface area contributed by atoms with Gasteiger partial charge in [-0.2, -0.15) is 12.7 Å². The summed E-state index contributed by atoms with van der Waals surface area (Å²) in [6.45, 7) is 0.299. The fraction of sp³-hybridized carbons (Fsp3) is 0.500. The lowest BCUT2D eigenvalue weighted by molar-refractivity contribution is 0.407. The smallest absolute Gasteiger partial charge is 0.300 e. The fourth-order valence-corrected chi connectivity index (χ4v) is 2.66. The highest BCUT2D eigenvalue weighted by Crippen LogP contribution is 2.32. The second-order valence-electron chi connectivity index (χ2n) is 3.35. The highest BCUT2D eigenvalue weighted by Gasteiger charge is 2.36. The van der Waals surface area contributed by atoms with Crippen molar-refractivity contribution in [3.63, 3.8) is 0 Å². The van der Waals surface area contributed by atoms with Gasteiger partial charge >= 0.3 is 0 Å². The Morgan fingerprint density at radius 1 is 1.57 bits per heavy atom. The van der Waals surface area contributed by atoms with Gasteiger partial charge < -0.3 is 4.42 Å². The highest BCUT2D eigenvalue weighted by atomic mass is 35.7. The number of nitrogens with zero attached hydrogens (tertiary/aromatic N) is 1. The molecule has 1 saturated carbocycles. The summed E-state index contributed by atoms with van der Waals surface area (Å²) in [5.74, 6) is 0. The molecular formula is C8H10ClNO3S. The third-order valence-corrected chi connectivity index (χ3v) is 3.67. The van der Waals surface area contributed by atoms with E-state index in [-0.39, 0.29) is 6.04 Å². The summed E-state index contributed by atoms with van der Waals surface area (Å²) in [5, 5.41) is 0. The Morgan fingerprint density at radius 2 is 2.29 bits per heavy atom. The zero-order valence-corrected chi connectivity index (χ0v) is 8.96. The molecule has 78 valence electrons. The van der Waals surface area contributed by atoms with Gasteiger partial charge in [0.05, 0.1) is 12.5 Å². The molecule has 1 heterocycles. The SMILES string of the molecule is O=S(=O)(Cl)N(Cc1ccoc1)C1CC1. The quantitative estimate of drug-likeness (QED) is 0.747. The predicted octanol–water partition coefficient (Wildman–Crippen LogP) is 1.73. The van der Waals surface area contributed by atoms with E-state index in [1.165, 1.54) is 16.8 Å². The zero-order valence-electron chi connectivity index (χ0n) is 7.39. The van der Waals surface area contributed by atoms with E-state index in [0.717, 1.165) is 18.4 Å². The average molecular weight is 236 g/mol. The lowest BCUT2D eigenvalue weighted by Crippen LogP contribution is -2.28. The van der Waals surface area contributed by atoms with Gasteiger partial charge in [0.2, 0.25) is 0 Å². The third kappa shape index (κ3) is 2.29. The van der Waals surface area contributed by atoms with Gasteiger partial charge in [0.25, 0.3) is 9.24 Å². The predicted molar refractivity (Wildman–Crippen MR) is 52.0 cm³/mol. The number of rotatable bonds is 4. The van der Waals surface area contributed by atoms with Crippen molar-refractivity contribution in [2.24, 2.45) is 0 Å². The van der Waals surface area contributed by atoms with Crippen molar-refractivity contribution in [2.75, 3.05) is 0 Å². The molecule has 0 radical (unpaired) electrons. The summed E-state index contributed by atoms with van der Waals surface area (Å²) in [6, 6.07) is 1.81. The molecule has 14 heavy (non-hydrogen) atoms. The van der Waals surface area contributed by atoms with Gasteiger partial charge in [-0.3, -0.25) is 0 Å². The van der Waals surface area contributed by atoms with Crippen LogP contribution in [0.15, 0.2) is 23.0 Å². The van der Waals surface area contributed by atoms with Crippen molar-refractivity contribution in [3.8, 4) is 0 Å². The lowest BCUT2D eigenvalue weighted by atomic mass is 10.3. The van der Waals surface area contributed by atoms with Gasteiger partial charge in [0, 0.05) is 28.8 Å². The van der Waals surface area contributed by atoms with E-state index in [0.29, 0.717) is 6.54 Å². The molecule has 0 atom stereocenters. The molecule has 0 N–H and O–H groups in total. The van der Waals surface area contributed by atoms with Crippen LogP contribution in [0.4, 0.5) is 0 Å². The number of furan rings is 1. The Morgan fingerprint density at radius 3 is 2.71 bits per heavy atom. The van der Waals surface area contributed by atoms with Crippen LogP contribution in [0.1, 0.15) is 18.4 Å². The van der Waals surface area contributed by atoms with Crippen molar-refractivity contribution in [2.45, 2.75) is 25.4 Å². The summed E-state index contributed by atoms with van der Waals surface area (Å²) in [7, 11) is 1.70. The Labute approximate surface area is 87.0 Å². The molecule has 1 aromatic heterocycles. The first-order chi connectivity index (χ1) is 6.57. The molecule has 1 aromatic rings. The Balaban J connectivity index is 2.13. The van der Waals surface area contributed by atoms with Gasteiger partial charge in [-0.15, -0.1) is 0 Å². The fourth-order valence-electron chi connectivity index (χ4n) is 1.31. The molecule has 0 aliphatic heterocycles. The summed E-state index contributed by atoms with van der Waals surface area (Å²) in [4.78, 5) is 0. The Kier molecular flexibility index (Phi) is 2.55. The van der Waals surface area contributed by atoms with E-state index in [2.05, 4.69) is 0 Å². The second-order valence-corrected chi connectivity index (χ2v) is 5.81. The van der Waals surface area contributed by atoms with E-state index < -0.39 is 9.24 Å².